The van der Waals surface area contributed by atoms with Gasteiger partial charge in [0.05, 0.1) is 0 Å². The molecule has 2 N–H and O–H groups in total. The number of likely N-dealkylation sites (tertiary alicyclic amines) is 1. The number of hydrogen-bond acceptors (Lipinski definition) is 3. The van der Waals surface area contributed by atoms with Gasteiger partial charge in [0.1, 0.15) is 5.82 Å². The molecule has 0 aromatic heterocycles. The minimum atomic E-state index is -0.241. The van der Waals surface area contributed by atoms with Crippen LogP contribution in [0, 0.1) is 5.82 Å². The van der Waals surface area contributed by atoms with Crippen LogP contribution in [0.2, 0.25) is 0 Å². The number of halogens is 1. The number of rotatable bonds is 5. The predicted molar refractivity (Wildman–Crippen MR) is 77.4 cm³/mol. The summed E-state index contributed by atoms with van der Waals surface area (Å²) in [6, 6.07) is 5.46. The number of nitrogens with zero attached hydrogens (tertiary/aromatic N) is 2. The van der Waals surface area contributed by atoms with Crippen LogP contribution in [0.3, 0.4) is 0 Å². The molecule has 3 nitrogen and oxygen atoms in total. The molecule has 19 heavy (non-hydrogen) atoms. The van der Waals surface area contributed by atoms with Crippen LogP contribution < -0.4 is 5.73 Å². The summed E-state index contributed by atoms with van der Waals surface area (Å²) in [7, 11) is 0. The molecule has 1 unspecified atom stereocenters. The summed E-state index contributed by atoms with van der Waals surface area (Å²) in [5, 5.41) is 0. The van der Waals surface area contributed by atoms with E-state index >= 15 is 0 Å². The topological polar surface area (TPSA) is 32.5 Å². The summed E-state index contributed by atoms with van der Waals surface area (Å²) < 4.78 is 13.3. The minimum Gasteiger partial charge on any atom is -0.399 e. The molecule has 1 aromatic carbocycles. The van der Waals surface area contributed by atoms with E-state index in [-0.39, 0.29) is 5.82 Å². The van der Waals surface area contributed by atoms with Crippen molar-refractivity contribution in [2.75, 3.05) is 31.9 Å². The van der Waals surface area contributed by atoms with Crippen molar-refractivity contribution < 1.29 is 4.39 Å². The summed E-state index contributed by atoms with van der Waals surface area (Å²) in [6.45, 7) is 9.55. The molecule has 1 fully saturated rings. The molecule has 1 saturated heterocycles. The molecule has 1 heterocycles. The van der Waals surface area contributed by atoms with Gasteiger partial charge in [0.2, 0.25) is 0 Å². The van der Waals surface area contributed by atoms with E-state index in [1.165, 1.54) is 12.5 Å². The van der Waals surface area contributed by atoms with Crippen molar-refractivity contribution in [2.45, 2.75) is 32.9 Å². The van der Waals surface area contributed by atoms with Crippen molar-refractivity contribution in [3.63, 3.8) is 0 Å². The number of likely N-dealkylation sites (N-methyl/N-ethyl adjacent to an activating group) is 1. The largest absolute Gasteiger partial charge is 0.399 e. The summed E-state index contributed by atoms with van der Waals surface area (Å²) in [5.74, 6) is -0.241. The average Bonchev–Trinajstić information content (AvgIpc) is 2.78. The molecular formula is C15H24FN3. The first-order valence-corrected chi connectivity index (χ1v) is 7.13. The molecule has 4 heteroatoms. The average molecular weight is 265 g/mol. The SMILES string of the molecule is CCN(CC)C1CCN(Cc2cc(N)cc(F)c2)C1. The van der Waals surface area contributed by atoms with E-state index in [4.69, 9.17) is 5.73 Å². The monoisotopic (exact) mass is 265 g/mol. The van der Waals surface area contributed by atoms with Gasteiger partial charge in [-0.1, -0.05) is 13.8 Å². The predicted octanol–water partition coefficient (Wildman–Crippen LogP) is 2.32. The van der Waals surface area contributed by atoms with Crippen LogP contribution >= 0.6 is 0 Å². The molecule has 0 saturated carbocycles. The third kappa shape index (κ3) is 3.67. The van der Waals surface area contributed by atoms with Crippen LogP contribution in [0.1, 0.15) is 25.8 Å². The highest BCUT2D eigenvalue weighted by Gasteiger charge is 2.25. The maximum atomic E-state index is 13.3. The van der Waals surface area contributed by atoms with E-state index in [1.54, 1.807) is 6.07 Å². The fraction of sp³-hybridized carbons (Fsp3) is 0.600. The van der Waals surface area contributed by atoms with Crippen molar-refractivity contribution >= 4 is 5.69 Å². The van der Waals surface area contributed by atoms with Gasteiger partial charge >= 0.3 is 0 Å². The molecule has 0 bridgehead atoms. The van der Waals surface area contributed by atoms with E-state index in [0.717, 1.165) is 38.3 Å². The molecule has 0 spiro atoms. The number of benzene rings is 1. The van der Waals surface area contributed by atoms with Gasteiger partial charge in [-0.05, 0) is 43.3 Å². The van der Waals surface area contributed by atoms with Gasteiger partial charge in [-0.2, -0.15) is 0 Å². The first-order chi connectivity index (χ1) is 9.12. The first-order valence-electron chi connectivity index (χ1n) is 7.13. The Labute approximate surface area is 115 Å². The molecule has 1 aromatic rings. The molecular weight excluding hydrogens is 241 g/mol. The van der Waals surface area contributed by atoms with Crippen molar-refractivity contribution in [1.82, 2.24) is 9.80 Å². The van der Waals surface area contributed by atoms with Crippen molar-refractivity contribution in [3.8, 4) is 0 Å². The lowest BCUT2D eigenvalue weighted by Gasteiger charge is -2.26. The molecule has 1 atom stereocenters. The second kappa shape index (κ2) is 6.35. The Morgan fingerprint density at radius 3 is 2.68 bits per heavy atom. The maximum Gasteiger partial charge on any atom is 0.125 e. The molecule has 0 aliphatic carbocycles. The number of nitrogens with two attached hydrogens (primary N) is 1. The smallest absolute Gasteiger partial charge is 0.125 e. The van der Waals surface area contributed by atoms with Crippen LogP contribution in [-0.4, -0.2) is 42.0 Å². The van der Waals surface area contributed by atoms with Gasteiger partial charge in [0.25, 0.3) is 0 Å². The summed E-state index contributed by atoms with van der Waals surface area (Å²) in [6.07, 6.45) is 1.20. The van der Waals surface area contributed by atoms with Crippen LogP contribution in [0.5, 0.6) is 0 Å². The zero-order chi connectivity index (χ0) is 13.8. The molecule has 0 amide bonds. The van der Waals surface area contributed by atoms with Gasteiger partial charge in [0, 0.05) is 31.4 Å². The van der Waals surface area contributed by atoms with Gasteiger partial charge in [0.15, 0.2) is 0 Å². The minimum absolute atomic E-state index is 0.241. The lowest BCUT2D eigenvalue weighted by Crippen LogP contribution is -2.37. The lowest BCUT2D eigenvalue weighted by atomic mass is 10.2. The van der Waals surface area contributed by atoms with Crippen molar-refractivity contribution in [3.05, 3.63) is 29.6 Å². The third-order valence-corrected chi connectivity index (χ3v) is 3.96. The van der Waals surface area contributed by atoms with Crippen LogP contribution in [0.25, 0.3) is 0 Å². The highest BCUT2D eigenvalue weighted by molar-refractivity contribution is 5.41. The van der Waals surface area contributed by atoms with E-state index in [1.807, 2.05) is 6.07 Å². The Balaban J connectivity index is 1.94. The quantitative estimate of drug-likeness (QED) is 0.829. The van der Waals surface area contributed by atoms with Gasteiger partial charge in [-0.3, -0.25) is 9.80 Å². The summed E-state index contributed by atoms with van der Waals surface area (Å²) in [5.41, 5.74) is 7.16. The van der Waals surface area contributed by atoms with Crippen molar-refractivity contribution in [2.24, 2.45) is 0 Å². The second-order valence-corrected chi connectivity index (χ2v) is 5.29. The first kappa shape index (κ1) is 14.3. The Morgan fingerprint density at radius 1 is 1.32 bits per heavy atom. The molecule has 1 aliphatic rings. The van der Waals surface area contributed by atoms with E-state index < -0.39 is 0 Å². The lowest BCUT2D eigenvalue weighted by molar-refractivity contribution is 0.209. The van der Waals surface area contributed by atoms with Gasteiger partial charge < -0.3 is 5.73 Å². The highest BCUT2D eigenvalue weighted by atomic mass is 19.1. The zero-order valence-corrected chi connectivity index (χ0v) is 11.9. The third-order valence-electron chi connectivity index (χ3n) is 3.96. The Hall–Kier alpha value is -1.13. The number of hydrogen-bond donors (Lipinski definition) is 1. The Kier molecular flexibility index (Phi) is 4.77. The van der Waals surface area contributed by atoms with Gasteiger partial charge in [-0.15, -0.1) is 0 Å². The molecule has 1 aliphatic heterocycles. The molecule has 2 rings (SSSR count). The van der Waals surface area contributed by atoms with Crippen molar-refractivity contribution in [1.29, 1.82) is 0 Å². The molecule has 106 valence electrons. The Bertz CT molecular complexity index is 398. The summed E-state index contributed by atoms with van der Waals surface area (Å²) >= 11 is 0. The normalized spacial score (nSPS) is 20.3. The number of nitrogen functional groups attached to an aromatic ring is 1. The second-order valence-electron chi connectivity index (χ2n) is 5.29. The maximum absolute atomic E-state index is 13.3. The van der Waals surface area contributed by atoms with E-state index in [2.05, 4.69) is 23.6 Å². The fourth-order valence-corrected chi connectivity index (χ4v) is 3.02. The zero-order valence-electron chi connectivity index (χ0n) is 11.9. The molecule has 0 radical (unpaired) electrons. The van der Waals surface area contributed by atoms with Gasteiger partial charge in [-0.25, -0.2) is 4.39 Å². The van der Waals surface area contributed by atoms with Crippen LogP contribution in [0.4, 0.5) is 10.1 Å². The standard InChI is InChI=1S/C15H24FN3/c1-3-19(4-2)15-5-6-18(11-15)10-12-7-13(16)9-14(17)8-12/h7-9,15H,3-6,10-11,17H2,1-2H3. The van der Waals surface area contributed by atoms with E-state index in [0.29, 0.717) is 11.7 Å². The fourth-order valence-electron chi connectivity index (χ4n) is 3.02. The summed E-state index contributed by atoms with van der Waals surface area (Å²) in [4.78, 5) is 4.89. The Morgan fingerprint density at radius 2 is 2.05 bits per heavy atom. The highest BCUT2D eigenvalue weighted by Crippen LogP contribution is 2.19. The van der Waals surface area contributed by atoms with Crippen LogP contribution in [0.15, 0.2) is 18.2 Å². The van der Waals surface area contributed by atoms with Crippen LogP contribution in [-0.2, 0) is 6.54 Å². The number of anilines is 1. The van der Waals surface area contributed by atoms with E-state index in [9.17, 15) is 4.39 Å².